The highest BCUT2D eigenvalue weighted by molar-refractivity contribution is 5.87. The molecule has 2 fully saturated rings. The molecule has 4 aromatic heterocycles. The number of aromatic nitrogens is 7. The van der Waals surface area contributed by atoms with Crippen LogP contribution in [-0.4, -0.2) is 72.0 Å². The Morgan fingerprint density at radius 2 is 1.97 bits per heavy atom. The quantitative estimate of drug-likeness (QED) is 0.261. The fourth-order valence-electron chi connectivity index (χ4n) is 5.12. The lowest BCUT2D eigenvalue weighted by molar-refractivity contribution is -0.390. The zero-order chi connectivity index (χ0) is 26.8. The van der Waals surface area contributed by atoms with Gasteiger partial charge in [-0.2, -0.15) is 10.1 Å². The van der Waals surface area contributed by atoms with Crippen molar-refractivity contribution in [1.29, 1.82) is 0 Å². The maximum Gasteiger partial charge on any atom is 0.388 e. The van der Waals surface area contributed by atoms with E-state index in [0.29, 0.717) is 36.5 Å². The number of nitrogens with zero attached hydrogens (tertiary/aromatic N) is 8. The Morgan fingerprint density at radius 3 is 2.72 bits per heavy atom. The number of aromatic amines is 1. The minimum Gasteiger partial charge on any atom is -0.485 e. The molecule has 39 heavy (non-hydrogen) atoms. The smallest absolute Gasteiger partial charge is 0.388 e. The second-order valence-corrected chi connectivity index (χ2v) is 9.76. The van der Waals surface area contributed by atoms with Crippen LogP contribution in [0.3, 0.4) is 0 Å². The van der Waals surface area contributed by atoms with Crippen molar-refractivity contribution in [2.45, 2.75) is 44.3 Å². The van der Waals surface area contributed by atoms with E-state index in [4.69, 9.17) is 19.2 Å². The average molecular weight is 536 g/mol. The molecule has 1 saturated carbocycles. The highest BCUT2D eigenvalue weighted by Crippen LogP contribution is 2.36. The normalized spacial score (nSPS) is 19.8. The van der Waals surface area contributed by atoms with Gasteiger partial charge in [0, 0.05) is 32.1 Å². The first-order valence-electron chi connectivity index (χ1n) is 13.0. The summed E-state index contributed by atoms with van der Waals surface area (Å²) in [4.78, 5) is 30.7. The van der Waals surface area contributed by atoms with Crippen LogP contribution >= 0.6 is 0 Å². The van der Waals surface area contributed by atoms with Gasteiger partial charge < -0.3 is 33.8 Å². The number of H-pyrrole nitrogens is 1. The van der Waals surface area contributed by atoms with Gasteiger partial charge in [-0.3, -0.25) is 10.1 Å². The van der Waals surface area contributed by atoms with E-state index in [9.17, 15) is 10.1 Å². The van der Waals surface area contributed by atoms with Crippen molar-refractivity contribution in [3.63, 3.8) is 0 Å². The van der Waals surface area contributed by atoms with Crippen LogP contribution in [0.15, 0.2) is 31.0 Å². The number of pyridine rings is 2. The van der Waals surface area contributed by atoms with Crippen LogP contribution in [0.2, 0.25) is 0 Å². The lowest BCUT2D eigenvalue weighted by Crippen LogP contribution is -2.36. The molecule has 0 amide bonds. The predicted molar refractivity (Wildman–Crippen MR) is 139 cm³/mol. The third kappa shape index (κ3) is 5.32. The average Bonchev–Trinajstić information content (AvgIpc) is 3.63. The Hall–Kier alpha value is -4.33. The molecule has 0 atom stereocenters. The number of aryl methyl sites for hydroxylation is 1. The number of hydrogen-bond donors (Lipinski definition) is 1. The van der Waals surface area contributed by atoms with E-state index in [1.165, 1.54) is 6.33 Å². The molecular weight excluding hydrogens is 506 g/mol. The third-order valence-electron chi connectivity index (χ3n) is 7.30. The van der Waals surface area contributed by atoms with Gasteiger partial charge in [0.05, 0.1) is 30.3 Å². The molecule has 0 spiro atoms. The van der Waals surface area contributed by atoms with Gasteiger partial charge in [-0.15, -0.1) is 0 Å². The number of anilines is 1. The maximum absolute atomic E-state index is 11.3. The summed E-state index contributed by atoms with van der Waals surface area (Å²) in [5, 5.41) is 19.0. The minimum absolute atomic E-state index is 0.00137. The van der Waals surface area contributed by atoms with Gasteiger partial charge in [0.2, 0.25) is 12.2 Å². The molecule has 0 unspecified atom stereocenters. The van der Waals surface area contributed by atoms with Crippen molar-refractivity contribution in [1.82, 2.24) is 34.7 Å². The van der Waals surface area contributed by atoms with Gasteiger partial charge in [0.15, 0.2) is 5.69 Å². The third-order valence-corrected chi connectivity index (χ3v) is 7.30. The minimum atomic E-state index is -0.516. The zero-order valence-corrected chi connectivity index (χ0v) is 21.5. The van der Waals surface area contributed by atoms with E-state index < -0.39 is 4.92 Å². The van der Waals surface area contributed by atoms with Crippen molar-refractivity contribution >= 4 is 22.5 Å². The van der Waals surface area contributed by atoms with Crippen LogP contribution in [0.5, 0.6) is 11.6 Å². The molecule has 5 heterocycles. The molecule has 1 aliphatic heterocycles. The van der Waals surface area contributed by atoms with E-state index in [1.807, 2.05) is 12.1 Å². The van der Waals surface area contributed by atoms with Crippen LogP contribution in [0.1, 0.15) is 43.1 Å². The summed E-state index contributed by atoms with van der Waals surface area (Å²) in [6.07, 6.45) is 8.17. The summed E-state index contributed by atoms with van der Waals surface area (Å²) in [5.41, 5.74) is 1.09. The Bertz CT molecular complexity index is 1440. The number of nitro groups is 1. The number of nitrogens with one attached hydrogen (secondary N) is 1. The van der Waals surface area contributed by atoms with E-state index >= 15 is 0 Å². The molecule has 204 valence electrons. The summed E-state index contributed by atoms with van der Waals surface area (Å²) < 4.78 is 19.5. The van der Waals surface area contributed by atoms with Crippen molar-refractivity contribution in [2.24, 2.45) is 7.05 Å². The van der Waals surface area contributed by atoms with Gasteiger partial charge >= 0.3 is 5.82 Å². The number of fused-ring (bicyclic) bond motifs is 1. The monoisotopic (exact) mass is 535 g/mol. The number of hydrogen-bond acceptors (Lipinski definition) is 11. The highest BCUT2D eigenvalue weighted by atomic mass is 16.6. The number of morpholine rings is 1. The van der Waals surface area contributed by atoms with Crippen LogP contribution in [0.4, 0.5) is 11.6 Å². The van der Waals surface area contributed by atoms with E-state index in [2.05, 4.69) is 30.0 Å². The van der Waals surface area contributed by atoms with E-state index in [1.54, 1.807) is 24.1 Å². The van der Waals surface area contributed by atoms with E-state index in [-0.39, 0.29) is 18.5 Å². The molecule has 4 aromatic rings. The van der Waals surface area contributed by atoms with Crippen molar-refractivity contribution in [3.8, 4) is 11.6 Å². The summed E-state index contributed by atoms with van der Waals surface area (Å²) in [5.74, 6) is 2.79. The summed E-state index contributed by atoms with van der Waals surface area (Å²) in [6.45, 7) is 2.74. The van der Waals surface area contributed by atoms with Gasteiger partial charge in [-0.25, -0.2) is 4.98 Å². The molecule has 0 bridgehead atoms. The predicted octanol–water partition coefficient (Wildman–Crippen LogP) is 2.91. The first kappa shape index (κ1) is 25.0. The van der Waals surface area contributed by atoms with Crippen molar-refractivity contribution in [2.75, 3.05) is 31.2 Å². The molecule has 14 nitrogen and oxygen atoms in total. The standard InChI is InChI=1S/C25H29N9O5/c1-32-15-28-24(34(35)36)21(32)13-38-18-10-19-20(26-12-18)11-22(33-6-8-37-9-7-33)30-25(19)39-17-4-2-16(3-5-17)23-27-14-29-31-23/h10-12,14-17H,2-9,13H2,1H3,(H,27,29,31). The first-order chi connectivity index (χ1) is 19.0. The second kappa shape index (κ2) is 10.8. The number of imidazole rings is 1. The van der Waals surface area contributed by atoms with Crippen LogP contribution < -0.4 is 14.4 Å². The maximum atomic E-state index is 11.3. The Labute approximate surface area is 223 Å². The molecule has 14 heteroatoms. The van der Waals surface area contributed by atoms with Gasteiger partial charge in [-0.05, 0) is 41.7 Å². The summed E-state index contributed by atoms with van der Waals surface area (Å²) in [7, 11) is 1.69. The van der Waals surface area contributed by atoms with Gasteiger partial charge in [0.1, 0.15) is 36.4 Å². The molecule has 6 rings (SSSR count). The molecule has 0 aromatic carbocycles. The zero-order valence-electron chi connectivity index (χ0n) is 21.5. The molecule has 0 radical (unpaired) electrons. The molecule has 1 saturated heterocycles. The van der Waals surface area contributed by atoms with E-state index in [0.717, 1.165) is 61.3 Å². The lowest BCUT2D eigenvalue weighted by Gasteiger charge is -2.30. The topological polar surface area (TPSA) is 159 Å². The van der Waals surface area contributed by atoms with Crippen LogP contribution in [-0.2, 0) is 18.4 Å². The number of ether oxygens (including phenoxy) is 3. The Morgan fingerprint density at radius 1 is 1.15 bits per heavy atom. The lowest BCUT2D eigenvalue weighted by atomic mass is 9.87. The highest BCUT2D eigenvalue weighted by Gasteiger charge is 2.27. The fourth-order valence-corrected chi connectivity index (χ4v) is 5.12. The molecule has 1 aliphatic carbocycles. The van der Waals surface area contributed by atoms with Crippen LogP contribution in [0, 0.1) is 10.1 Å². The fraction of sp³-hybridized carbons (Fsp3) is 0.480. The molecular formula is C25H29N9O5. The van der Waals surface area contributed by atoms with Gasteiger partial charge in [-0.1, -0.05) is 0 Å². The Kier molecular flexibility index (Phi) is 6.92. The van der Waals surface area contributed by atoms with Crippen molar-refractivity contribution in [3.05, 3.63) is 52.6 Å². The SMILES string of the molecule is Cn1cnc([N+](=O)[O-])c1COc1cnc2cc(N3CCOCC3)nc(OC3CCC(c4ncn[nH]4)CC3)c2c1. The van der Waals surface area contributed by atoms with Gasteiger partial charge in [0.25, 0.3) is 0 Å². The Balaban J connectivity index is 1.26. The van der Waals surface area contributed by atoms with Crippen LogP contribution in [0.25, 0.3) is 10.9 Å². The molecule has 1 N–H and O–H groups in total. The summed E-state index contributed by atoms with van der Waals surface area (Å²) >= 11 is 0. The first-order valence-corrected chi connectivity index (χ1v) is 13.0. The second-order valence-electron chi connectivity index (χ2n) is 9.76. The summed E-state index contributed by atoms with van der Waals surface area (Å²) in [6, 6.07) is 3.78. The largest absolute Gasteiger partial charge is 0.485 e. The van der Waals surface area contributed by atoms with Crippen molar-refractivity contribution < 1.29 is 19.1 Å². The molecule has 2 aliphatic rings. The number of rotatable bonds is 8.